The molecule has 1 aliphatic heterocycles. The van der Waals surface area contributed by atoms with Gasteiger partial charge in [0.05, 0.1) is 17.8 Å². The van der Waals surface area contributed by atoms with Crippen molar-refractivity contribution in [3.8, 4) is 11.5 Å². The zero-order valence-electron chi connectivity index (χ0n) is 10.7. The minimum Gasteiger partial charge on any atom is -0.496 e. The molecule has 2 rings (SSSR count). The van der Waals surface area contributed by atoms with Gasteiger partial charge < -0.3 is 14.8 Å². The van der Waals surface area contributed by atoms with Crippen molar-refractivity contribution >= 4 is 22.6 Å². The highest BCUT2D eigenvalue weighted by molar-refractivity contribution is 14.1. The minimum atomic E-state index is 0.129. The van der Waals surface area contributed by atoms with E-state index in [1.54, 1.807) is 14.2 Å². The molecule has 94 valence electrons. The largest absolute Gasteiger partial charge is 0.496 e. The molecule has 0 fully saturated rings. The van der Waals surface area contributed by atoms with Crippen LogP contribution in [0.5, 0.6) is 11.5 Å². The molecule has 1 heterocycles. The molecule has 3 nitrogen and oxygen atoms in total. The Balaban J connectivity index is 2.58. The average molecular weight is 347 g/mol. The van der Waals surface area contributed by atoms with E-state index in [2.05, 4.69) is 41.8 Å². The van der Waals surface area contributed by atoms with Crippen molar-refractivity contribution < 1.29 is 9.47 Å². The molecule has 17 heavy (non-hydrogen) atoms. The summed E-state index contributed by atoms with van der Waals surface area (Å²) in [6, 6.07) is 1.97. The quantitative estimate of drug-likeness (QED) is 0.835. The second-order valence-corrected chi connectivity index (χ2v) is 6.05. The van der Waals surface area contributed by atoms with Crippen molar-refractivity contribution in [1.82, 2.24) is 5.32 Å². The van der Waals surface area contributed by atoms with E-state index >= 15 is 0 Å². The molecule has 0 saturated carbocycles. The third kappa shape index (κ3) is 2.38. The van der Waals surface area contributed by atoms with Crippen LogP contribution >= 0.6 is 22.6 Å². The second-order valence-electron chi connectivity index (χ2n) is 4.97. The Hall–Kier alpha value is -0.490. The highest BCUT2D eigenvalue weighted by Gasteiger charge is 2.29. The summed E-state index contributed by atoms with van der Waals surface area (Å²) in [6.07, 6.45) is 0.994. The first kappa shape index (κ1) is 13.0. The summed E-state index contributed by atoms with van der Waals surface area (Å²) >= 11 is 2.37. The lowest BCUT2D eigenvalue weighted by molar-refractivity contribution is 0.340. The van der Waals surface area contributed by atoms with Crippen LogP contribution in [0.1, 0.15) is 25.0 Å². The predicted molar refractivity (Wildman–Crippen MR) is 76.9 cm³/mol. The topological polar surface area (TPSA) is 30.5 Å². The van der Waals surface area contributed by atoms with Crippen LogP contribution in [-0.2, 0) is 13.0 Å². The molecule has 0 amide bonds. The smallest absolute Gasteiger partial charge is 0.136 e. The van der Waals surface area contributed by atoms with Crippen LogP contribution in [-0.4, -0.2) is 19.8 Å². The molecule has 0 aromatic heterocycles. The fourth-order valence-electron chi connectivity index (χ4n) is 2.24. The van der Waals surface area contributed by atoms with Crippen molar-refractivity contribution in [2.45, 2.75) is 32.4 Å². The highest BCUT2D eigenvalue weighted by Crippen LogP contribution is 2.38. The van der Waals surface area contributed by atoms with Crippen molar-refractivity contribution in [2.24, 2.45) is 0 Å². The molecule has 0 radical (unpaired) electrons. The second kappa shape index (κ2) is 4.65. The molecule has 1 aromatic rings. The number of ether oxygens (including phenoxy) is 2. The maximum atomic E-state index is 5.45. The van der Waals surface area contributed by atoms with Crippen LogP contribution in [0.2, 0.25) is 0 Å². The number of nitrogens with one attached hydrogen (secondary N) is 1. The molecule has 0 unspecified atom stereocenters. The molecule has 1 aromatic carbocycles. The van der Waals surface area contributed by atoms with Crippen LogP contribution in [0.4, 0.5) is 0 Å². The standard InChI is InChI=1S/C13H18INO2/c1-13(2)6-8-9(7-15-13)10(16-3)5-11(17-4)12(8)14/h5,15H,6-7H2,1-4H3. The lowest BCUT2D eigenvalue weighted by Crippen LogP contribution is -2.44. The van der Waals surface area contributed by atoms with Gasteiger partial charge in [0.1, 0.15) is 11.5 Å². The van der Waals surface area contributed by atoms with Gasteiger partial charge in [0.2, 0.25) is 0 Å². The van der Waals surface area contributed by atoms with Crippen molar-refractivity contribution in [3.63, 3.8) is 0 Å². The van der Waals surface area contributed by atoms with E-state index in [1.807, 2.05) is 6.07 Å². The molecule has 0 spiro atoms. The molecular weight excluding hydrogens is 329 g/mol. The Labute approximate surface area is 116 Å². The van der Waals surface area contributed by atoms with Gasteiger partial charge in [-0.2, -0.15) is 0 Å². The lowest BCUT2D eigenvalue weighted by atomic mass is 9.87. The third-order valence-electron chi connectivity index (χ3n) is 3.21. The van der Waals surface area contributed by atoms with Crippen LogP contribution in [0.25, 0.3) is 0 Å². The van der Waals surface area contributed by atoms with Crippen molar-refractivity contribution in [2.75, 3.05) is 14.2 Å². The Morgan fingerprint density at radius 2 is 1.82 bits per heavy atom. The number of methoxy groups -OCH3 is 2. The van der Waals surface area contributed by atoms with E-state index in [-0.39, 0.29) is 5.54 Å². The SMILES string of the molecule is COc1cc(OC)c2c(c1I)CC(C)(C)NC2. The van der Waals surface area contributed by atoms with Gasteiger partial charge in [-0.15, -0.1) is 0 Å². The minimum absolute atomic E-state index is 0.129. The lowest BCUT2D eigenvalue weighted by Gasteiger charge is -2.34. The number of hydrogen-bond acceptors (Lipinski definition) is 3. The van der Waals surface area contributed by atoms with Crippen molar-refractivity contribution in [1.29, 1.82) is 0 Å². The number of hydrogen-bond donors (Lipinski definition) is 1. The zero-order valence-corrected chi connectivity index (χ0v) is 12.8. The fraction of sp³-hybridized carbons (Fsp3) is 0.538. The van der Waals surface area contributed by atoms with Gasteiger partial charge in [-0.05, 0) is 48.4 Å². The summed E-state index contributed by atoms with van der Waals surface area (Å²) in [5.41, 5.74) is 2.74. The maximum absolute atomic E-state index is 5.45. The van der Waals surface area contributed by atoms with Gasteiger partial charge in [-0.25, -0.2) is 0 Å². The summed E-state index contributed by atoms with van der Waals surface area (Å²) in [5, 5.41) is 3.53. The monoisotopic (exact) mass is 347 g/mol. The third-order valence-corrected chi connectivity index (χ3v) is 4.39. The molecule has 0 saturated heterocycles. The Morgan fingerprint density at radius 1 is 1.18 bits per heavy atom. The summed E-state index contributed by atoms with van der Waals surface area (Å²) < 4.78 is 12.1. The molecule has 1 aliphatic rings. The van der Waals surface area contributed by atoms with Crippen molar-refractivity contribution in [3.05, 3.63) is 20.8 Å². The number of rotatable bonds is 2. The molecular formula is C13H18INO2. The molecule has 0 aliphatic carbocycles. The van der Waals surface area contributed by atoms with Gasteiger partial charge in [0.25, 0.3) is 0 Å². The average Bonchev–Trinajstić information content (AvgIpc) is 2.29. The number of halogens is 1. The van der Waals surface area contributed by atoms with E-state index in [9.17, 15) is 0 Å². The number of benzene rings is 1. The van der Waals surface area contributed by atoms with E-state index in [4.69, 9.17) is 9.47 Å². The molecule has 4 heteroatoms. The van der Waals surface area contributed by atoms with Crippen LogP contribution in [0, 0.1) is 3.57 Å². The summed E-state index contributed by atoms with van der Waals surface area (Å²) in [7, 11) is 3.41. The summed E-state index contributed by atoms with van der Waals surface area (Å²) in [5.74, 6) is 1.82. The first-order valence-corrected chi connectivity index (χ1v) is 6.73. The van der Waals surface area contributed by atoms with Gasteiger partial charge in [0.15, 0.2) is 0 Å². The summed E-state index contributed by atoms with van der Waals surface area (Å²) in [6.45, 7) is 5.29. The fourth-order valence-corrected chi connectivity index (χ4v) is 3.13. The van der Waals surface area contributed by atoms with E-state index in [0.717, 1.165) is 24.5 Å². The molecule has 0 atom stereocenters. The van der Waals surface area contributed by atoms with E-state index in [1.165, 1.54) is 14.7 Å². The van der Waals surface area contributed by atoms with Crippen LogP contribution in [0.15, 0.2) is 6.07 Å². The maximum Gasteiger partial charge on any atom is 0.136 e. The first-order chi connectivity index (χ1) is 7.98. The van der Waals surface area contributed by atoms with Crippen LogP contribution in [0.3, 0.4) is 0 Å². The Kier molecular flexibility index (Phi) is 3.54. The number of fused-ring (bicyclic) bond motifs is 1. The predicted octanol–water partition coefficient (Wildman–Crippen LogP) is 2.73. The zero-order chi connectivity index (χ0) is 12.6. The van der Waals surface area contributed by atoms with Gasteiger partial charge in [0, 0.05) is 23.7 Å². The van der Waals surface area contributed by atoms with Gasteiger partial charge in [-0.3, -0.25) is 0 Å². The van der Waals surface area contributed by atoms with Crippen LogP contribution < -0.4 is 14.8 Å². The van der Waals surface area contributed by atoms with E-state index in [0.29, 0.717) is 0 Å². The van der Waals surface area contributed by atoms with Gasteiger partial charge >= 0.3 is 0 Å². The van der Waals surface area contributed by atoms with E-state index < -0.39 is 0 Å². The molecule has 0 bridgehead atoms. The first-order valence-electron chi connectivity index (χ1n) is 5.66. The molecule has 1 N–H and O–H groups in total. The Bertz CT molecular complexity index is 444. The van der Waals surface area contributed by atoms with Gasteiger partial charge in [-0.1, -0.05) is 0 Å². The normalized spacial score (nSPS) is 17.5. The Morgan fingerprint density at radius 3 is 2.41 bits per heavy atom. The highest BCUT2D eigenvalue weighted by atomic mass is 127. The summed E-state index contributed by atoms with van der Waals surface area (Å²) in [4.78, 5) is 0.